The highest BCUT2D eigenvalue weighted by molar-refractivity contribution is 7.78. The van der Waals surface area contributed by atoms with Crippen LogP contribution in [-0.2, 0) is 52.8 Å². The Morgan fingerprint density at radius 1 is 0.746 bits per heavy atom. The van der Waals surface area contributed by atoms with Gasteiger partial charge in [0.1, 0.15) is 41.7 Å². The van der Waals surface area contributed by atoms with E-state index in [9.17, 15) is 48.9 Å². The second-order valence-corrected chi connectivity index (χ2v) is 15.1. The lowest BCUT2D eigenvalue weighted by atomic mass is 10.0. The number of aliphatic imine (C=N–C) groups is 1. The molecule has 0 bridgehead atoms. The number of nitrogens with zero attached hydrogens (tertiary/aromatic N) is 2. The number of carbonyl (C=O) groups is 7. The van der Waals surface area contributed by atoms with Crippen molar-refractivity contribution in [2.75, 3.05) is 26.2 Å². The van der Waals surface area contributed by atoms with Gasteiger partial charge in [-0.15, -0.1) is 0 Å². The molecule has 1 saturated heterocycles. The van der Waals surface area contributed by atoms with E-state index >= 15 is 0 Å². The van der Waals surface area contributed by atoms with Crippen LogP contribution in [0.25, 0.3) is 0 Å². The van der Waals surface area contributed by atoms with Crippen LogP contribution in [0.3, 0.4) is 0 Å². The van der Waals surface area contributed by atoms with Gasteiger partial charge in [0.25, 0.3) is 0 Å². The molecule has 0 saturated carbocycles. The molecule has 3 aromatic rings. The normalized spacial score (nSPS) is 15.6. The second-order valence-electron chi connectivity index (χ2n) is 14.9. The fourth-order valence-electron chi connectivity index (χ4n) is 6.86. The zero-order valence-electron chi connectivity index (χ0n) is 34.4. The molecule has 6 atom stereocenters. The summed E-state index contributed by atoms with van der Waals surface area (Å²) >= 11 is 4.65. The zero-order valence-corrected chi connectivity index (χ0v) is 35.2. The van der Waals surface area contributed by atoms with E-state index in [0.29, 0.717) is 29.5 Å². The molecule has 7 amide bonds. The SMILES string of the molecule is NC(=O)[C@H](CO)NC(=O)[C@@H]1CCCN1C(=O)[C@H](Cc1ccc(O)cc1)NC(=O)CNC(=O)[C@H](Cc1ccccc1)NC(=O)[C@@H](CCCN=C=S)NC(=O)[C@@H](N)Cc1ccc(O)cc1. The predicted molar refractivity (Wildman–Crippen MR) is 233 cm³/mol. The Hall–Kier alpha value is -6.73. The summed E-state index contributed by atoms with van der Waals surface area (Å²) in [7, 11) is 0. The number of aliphatic hydroxyl groups excluding tert-OH is 1. The number of nitrogens with one attached hydrogen (secondary N) is 5. The number of benzene rings is 3. The molecule has 20 heteroatoms. The van der Waals surface area contributed by atoms with Crippen molar-refractivity contribution in [3.63, 3.8) is 0 Å². The number of rotatable bonds is 23. The Balaban J connectivity index is 1.49. The van der Waals surface area contributed by atoms with Gasteiger partial charge in [-0.05, 0) is 85.3 Å². The highest BCUT2D eigenvalue weighted by Gasteiger charge is 2.39. The number of primary amides is 1. The second kappa shape index (κ2) is 24.6. The van der Waals surface area contributed by atoms with Crippen LogP contribution in [0, 0.1) is 0 Å². The van der Waals surface area contributed by atoms with Crippen molar-refractivity contribution in [1.82, 2.24) is 31.5 Å². The van der Waals surface area contributed by atoms with Crippen LogP contribution < -0.4 is 38.1 Å². The number of thiocarbonyl (C=S) groups is 1. The Bertz CT molecular complexity index is 2100. The number of hydrogen-bond donors (Lipinski definition) is 10. The number of carbonyl (C=O) groups excluding carboxylic acids is 7. The van der Waals surface area contributed by atoms with Gasteiger partial charge in [-0.25, -0.2) is 4.99 Å². The van der Waals surface area contributed by atoms with Crippen molar-refractivity contribution in [3.05, 3.63) is 95.6 Å². The summed E-state index contributed by atoms with van der Waals surface area (Å²) in [6, 6.07) is 13.7. The maximum atomic E-state index is 14.1. The molecule has 1 fully saturated rings. The molecule has 0 spiro atoms. The smallest absolute Gasteiger partial charge is 0.246 e. The van der Waals surface area contributed by atoms with E-state index in [-0.39, 0.29) is 56.7 Å². The quantitative estimate of drug-likeness (QED) is 0.0307. The molecule has 0 radical (unpaired) electrons. The fraction of sp³-hybridized carbons (Fsp3) is 0.395. The first kappa shape index (κ1) is 48.9. The van der Waals surface area contributed by atoms with Gasteiger partial charge in [-0.3, -0.25) is 33.6 Å². The summed E-state index contributed by atoms with van der Waals surface area (Å²) in [4.78, 5) is 98.5. The molecule has 63 heavy (non-hydrogen) atoms. The average Bonchev–Trinajstić information content (AvgIpc) is 3.77. The van der Waals surface area contributed by atoms with Crippen LogP contribution in [0.15, 0.2) is 83.9 Å². The molecule has 1 aliphatic rings. The average molecular weight is 888 g/mol. The molecule has 4 rings (SSSR count). The lowest BCUT2D eigenvalue weighted by molar-refractivity contribution is -0.142. The van der Waals surface area contributed by atoms with Gasteiger partial charge in [0, 0.05) is 25.9 Å². The van der Waals surface area contributed by atoms with E-state index in [0.717, 1.165) is 0 Å². The minimum absolute atomic E-state index is 0.0104. The zero-order chi connectivity index (χ0) is 45.9. The third kappa shape index (κ3) is 15.6. The van der Waals surface area contributed by atoms with Gasteiger partial charge in [0.2, 0.25) is 41.4 Å². The number of hydrogen-bond acceptors (Lipinski definition) is 13. The summed E-state index contributed by atoms with van der Waals surface area (Å²) in [6.45, 7) is -1.03. The molecule has 3 aromatic carbocycles. The van der Waals surface area contributed by atoms with Gasteiger partial charge < -0.3 is 58.3 Å². The minimum Gasteiger partial charge on any atom is -0.508 e. The van der Waals surface area contributed by atoms with Crippen molar-refractivity contribution in [3.8, 4) is 11.5 Å². The van der Waals surface area contributed by atoms with Crippen LogP contribution in [-0.4, -0.2) is 129 Å². The number of phenolic OH excluding ortho intramolecular Hbond substituents is 2. The van der Waals surface area contributed by atoms with Crippen LogP contribution in [0.4, 0.5) is 0 Å². The number of phenols is 2. The number of likely N-dealkylation sites (tertiary alicyclic amines) is 1. The van der Waals surface area contributed by atoms with Crippen LogP contribution in [0.2, 0.25) is 0 Å². The molecule has 0 aliphatic carbocycles. The van der Waals surface area contributed by atoms with Crippen LogP contribution in [0.1, 0.15) is 42.4 Å². The monoisotopic (exact) mass is 887 g/mol. The number of amides is 7. The van der Waals surface area contributed by atoms with E-state index in [1.54, 1.807) is 54.6 Å². The van der Waals surface area contributed by atoms with Gasteiger partial charge in [-0.1, -0.05) is 54.6 Å². The summed E-state index contributed by atoms with van der Waals surface area (Å²) in [5.41, 5.74) is 13.4. The van der Waals surface area contributed by atoms with E-state index in [1.165, 1.54) is 29.2 Å². The molecule has 0 aromatic heterocycles. The van der Waals surface area contributed by atoms with E-state index < -0.39 is 90.8 Å². The number of isothiocyanates is 1. The summed E-state index contributed by atoms with van der Waals surface area (Å²) in [5, 5.41) is 44.1. The maximum Gasteiger partial charge on any atom is 0.246 e. The Labute approximate surface area is 369 Å². The number of aliphatic hydroxyl groups is 1. The first-order valence-electron chi connectivity index (χ1n) is 20.3. The fourth-order valence-corrected chi connectivity index (χ4v) is 6.95. The molecule has 12 N–H and O–H groups in total. The summed E-state index contributed by atoms with van der Waals surface area (Å²) in [6.07, 6.45) is 1.09. The lowest BCUT2D eigenvalue weighted by Gasteiger charge is -2.29. The minimum atomic E-state index is -1.37. The van der Waals surface area contributed by atoms with E-state index in [4.69, 9.17) is 11.5 Å². The third-order valence-electron chi connectivity index (χ3n) is 10.2. The van der Waals surface area contributed by atoms with Crippen molar-refractivity contribution in [2.45, 2.75) is 81.2 Å². The number of aromatic hydroxyl groups is 2. The van der Waals surface area contributed by atoms with E-state index in [1.807, 2.05) is 0 Å². The Morgan fingerprint density at radius 3 is 1.94 bits per heavy atom. The molecule has 19 nitrogen and oxygen atoms in total. The summed E-state index contributed by atoms with van der Waals surface area (Å²) in [5.74, 6) is -5.19. The van der Waals surface area contributed by atoms with Crippen LogP contribution >= 0.6 is 12.2 Å². The Kier molecular flexibility index (Phi) is 19.1. The standard InChI is InChI=1S/C43H53N9O10S/c44-31(20-27-10-14-29(54)15-11-27)39(58)49-32(8-4-18-46-25-63)41(60)50-33(21-26-6-2-1-3-7-26)40(59)47-23-37(56)48-34(22-28-12-16-30(55)17-13-28)43(62)52-19-5-9-36(52)42(61)51-35(24-53)38(45)57/h1-3,6-7,10-17,31-36,53-55H,4-5,8-9,18-24,44H2,(H2,45,57)(H,47,59)(H,48,56)(H,49,58)(H,50,60)(H,51,61)/t31-,32+,33-,34-,35-,36-/m0/s1. The summed E-state index contributed by atoms with van der Waals surface area (Å²) < 4.78 is 0. The van der Waals surface area contributed by atoms with Crippen molar-refractivity contribution < 1.29 is 48.9 Å². The number of nitrogens with two attached hydrogens (primary N) is 2. The van der Waals surface area contributed by atoms with Crippen molar-refractivity contribution in [2.24, 2.45) is 16.5 Å². The molecular formula is C43H53N9O10S. The van der Waals surface area contributed by atoms with Gasteiger partial charge in [-0.2, -0.15) is 0 Å². The molecule has 1 heterocycles. The topological polar surface area (TPSA) is 308 Å². The third-order valence-corrected chi connectivity index (χ3v) is 10.3. The van der Waals surface area contributed by atoms with E-state index in [2.05, 4.69) is 49.0 Å². The molecule has 336 valence electrons. The maximum absolute atomic E-state index is 14.1. The van der Waals surface area contributed by atoms with Gasteiger partial charge >= 0.3 is 0 Å². The van der Waals surface area contributed by atoms with Gasteiger partial charge in [0.05, 0.1) is 24.4 Å². The molecule has 1 aliphatic heterocycles. The highest BCUT2D eigenvalue weighted by atomic mass is 32.1. The molecular weight excluding hydrogens is 835 g/mol. The van der Waals surface area contributed by atoms with Crippen molar-refractivity contribution >= 4 is 58.7 Å². The van der Waals surface area contributed by atoms with Crippen molar-refractivity contribution in [1.29, 1.82) is 0 Å². The van der Waals surface area contributed by atoms with Gasteiger partial charge in [0.15, 0.2) is 0 Å². The molecule has 0 unspecified atom stereocenters. The predicted octanol–water partition coefficient (Wildman–Crippen LogP) is -1.14. The lowest BCUT2D eigenvalue weighted by Crippen LogP contribution is -2.58. The van der Waals surface area contributed by atoms with Crippen LogP contribution in [0.5, 0.6) is 11.5 Å². The largest absolute Gasteiger partial charge is 0.508 e. The highest BCUT2D eigenvalue weighted by Crippen LogP contribution is 2.21. The first-order valence-corrected chi connectivity index (χ1v) is 20.7. The first-order chi connectivity index (χ1) is 30.2. The Morgan fingerprint density at radius 2 is 1.33 bits per heavy atom.